The second-order valence-electron chi connectivity index (χ2n) is 1.02. The third kappa shape index (κ3) is 4.43. The summed E-state index contributed by atoms with van der Waals surface area (Å²) in [4.78, 5) is 3.78. The summed E-state index contributed by atoms with van der Waals surface area (Å²) < 4.78 is 0. The maximum Gasteiger partial charge on any atom is 0.0267 e. The Morgan fingerprint density at radius 1 is 0.875 bits per heavy atom. The number of hydrogen-bond donors (Lipinski definition) is 0. The van der Waals surface area contributed by atoms with Gasteiger partial charge in [0.05, 0.1) is 0 Å². The second-order valence-corrected chi connectivity index (χ2v) is 1.02. The fourth-order valence-corrected chi connectivity index (χ4v) is 0.313. The predicted molar refractivity (Wildman–Crippen MR) is 24.2 cm³/mol. The van der Waals surface area contributed by atoms with Crippen LogP contribution in [0.3, 0.4) is 0 Å². The van der Waals surface area contributed by atoms with E-state index in [2.05, 4.69) is 4.98 Å². The minimum atomic E-state index is 0. The third-order valence-corrected chi connectivity index (χ3v) is 0.566. The zero-order valence-electron chi connectivity index (χ0n) is 3.98. The Morgan fingerprint density at radius 2 is 1.38 bits per heavy atom. The van der Waals surface area contributed by atoms with Gasteiger partial charge in [0.25, 0.3) is 0 Å². The van der Waals surface area contributed by atoms with Gasteiger partial charge in [0, 0.05) is 48.4 Å². The van der Waals surface area contributed by atoms with Crippen LogP contribution in [-0.2, 0) is 36.0 Å². The van der Waals surface area contributed by atoms with Crippen molar-refractivity contribution in [2.24, 2.45) is 0 Å². The van der Waals surface area contributed by atoms with Gasteiger partial charge in [-0.3, -0.25) is 4.98 Å². The van der Waals surface area contributed by atoms with Gasteiger partial charge in [-0.15, -0.1) is 0 Å². The van der Waals surface area contributed by atoms with Gasteiger partial charge < -0.3 is 0 Å². The molecule has 0 saturated carbocycles. The van der Waals surface area contributed by atoms with E-state index in [1.807, 2.05) is 18.2 Å². The summed E-state index contributed by atoms with van der Waals surface area (Å²) in [7, 11) is 0. The third-order valence-electron chi connectivity index (χ3n) is 0.566. The molecule has 0 unspecified atom stereocenters. The molecule has 0 spiro atoms. The SMILES string of the molecule is [Ni].[Rh].c1ccncc1. The number of aromatic nitrogens is 1. The quantitative estimate of drug-likeness (QED) is 0.619. The maximum absolute atomic E-state index is 3.78. The summed E-state index contributed by atoms with van der Waals surface area (Å²) in [5, 5.41) is 0. The smallest absolute Gasteiger partial charge is 0.0267 e. The molecule has 49 valence electrons. The van der Waals surface area contributed by atoms with Crippen molar-refractivity contribution in [2.75, 3.05) is 0 Å². The van der Waals surface area contributed by atoms with Crippen LogP contribution < -0.4 is 0 Å². The molecule has 0 saturated heterocycles. The van der Waals surface area contributed by atoms with Crippen molar-refractivity contribution in [3.63, 3.8) is 0 Å². The standard InChI is InChI=1S/C5H5N.Ni.Rh/c1-2-4-6-5-3-1;;/h1-5H;;. The van der Waals surface area contributed by atoms with Gasteiger partial charge in [-0.1, -0.05) is 6.07 Å². The van der Waals surface area contributed by atoms with E-state index < -0.39 is 0 Å². The van der Waals surface area contributed by atoms with Crippen LogP contribution in [-0.4, -0.2) is 4.98 Å². The molecule has 0 atom stereocenters. The van der Waals surface area contributed by atoms with Crippen LogP contribution in [0.25, 0.3) is 0 Å². The van der Waals surface area contributed by atoms with Crippen LogP contribution in [0.5, 0.6) is 0 Å². The van der Waals surface area contributed by atoms with Crippen molar-refractivity contribution < 1.29 is 36.0 Å². The first-order valence-corrected chi connectivity index (χ1v) is 1.85. The monoisotopic (exact) mass is 240 g/mol. The van der Waals surface area contributed by atoms with Crippen LogP contribution in [0.2, 0.25) is 0 Å². The normalized spacial score (nSPS) is 6.00. The molecule has 0 fully saturated rings. The summed E-state index contributed by atoms with van der Waals surface area (Å²) >= 11 is 0. The van der Waals surface area contributed by atoms with E-state index in [-0.39, 0.29) is 36.0 Å². The average molecular weight is 241 g/mol. The van der Waals surface area contributed by atoms with Crippen LogP contribution in [0, 0.1) is 0 Å². The molecule has 0 aliphatic carbocycles. The van der Waals surface area contributed by atoms with E-state index in [9.17, 15) is 0 Å². The minimum absolute atomic E-state index is 0. The summed E-state index contributed by atoms with van der Waals surface area (Å²) in [5.41, 5.74) is 0. The van der Waals surface area contributed by atoms with Crippen molar-refractivity contribution >= 4 is 0 Å². The number of hydrogen-bond acceptors (Lipinski definition) is 1. The number of nitrogens with zero attached hydrogens (tertiary/aromatic N) is 1. The molecule has 1 rings (SSSR count). The molecule has 1 heterocycles. The molecule has 1 aromatic rings. The molecule has 0 N–H and O–H groups in total. The van der Waals surface area contributed by atoms with E-state index in [4.69, 9.17) is 0 Å². The van der Waals surface area contributed by atoms with Crippen LogP contribution >= 0.6 is 0 Å². The molecule has 1 aromatic heterocycles. The molecule has 0 amide bonds. The van der Waals surface area contributed by atoms with E-state index in [1.165, 1.54) is 0 Å². The average Bonchev–Trinajstić information content (AvgIpc) is 1.72. The van der Waals surface area contributed by atoms with Gasteiger partial charge in [-0.05, 0) is 12.1 Å². The van der Waals surface area contributed by atoms with Crippen molar-refractivity contribution in [1.82, 2.24) is 4.98 Å². The molecular weight excluding hydrogens is 236 g/mol. The molecule has 0 aliphatic rings. The summed E-state index contributed by atoms with van der Waals surface area (Å²) in [6.07, 6.45) is 3.50. The second kappa shape index (κ2) is 7.27. The van der Waals surface area contributed by atoms with Gasteiger partial charge in [0.1, 0.15) is 0 Å². The van der Waals surface area contributed by atoms with E-state index >= 15 is 0 Å². The van der Waals surface area contributed by atoms with E-state index in [0.717, 1.165) is 0 Å². The van der Waals surface area contributed by atoms with E-state index in [0.29, 0.717) is 0 Å². The number of pyridine rings is 1. The molecular formula is C5H5NNiRh. The van der Waals surface area contributed by atoms with Gasteiger partial charge in [0.2, 0.25) is 0 Å². The number of rotatable bonds is 0. The first-order chi connectivity index (χ1) is 3.00. The molecule has 1 radical (unpaired) electrons. The Balaban J connectivity index is 0. The Labute approximate surface area is 71.6 Å². The van der Waals surface area contributed by atoms with Crippen LogP contribution in [0.1, 0.15) is 0 Å². The Hall–Kier alpha value is 0.267. The topological polar surface area (TPSA) is 12.9 Å². The van der Waals surface area contributed by atoms with Gasteiger partial charge in [0.15, 0.2) is 0 Å². The first kappa shape index (κ1) is 11.1. The maximum atomic E-state index is 3.78. The molecule has 0 bridgehead atoms. The Morgan fingerprint density at radius 3 is 1.50 bits per heavy atom. The minimum Gasteiger partial charge on any atom is -0.265 e. The van der Waals surface area contributed by atoms with Crippen LogP contribution in [0.4, 0.5) is 0 Å². The molecule has 3 heteroatoms. The fraction of sp³-hybridized carbons (Fsp3) is 0. The van der Waals surface area contributed by atoms with Gasteiger partial charge >= 0.3 is 0 Å². The zero-order valence-corrected chi connectivity index (χ0v) is 6.61. The van der Waals surface area contributed by atoms with Crippen molar-refractivity contribution in [1.29, 1.82) is 0 Å². The summed E-state index contributed by atoms with van der Waals surface area (Å²) in [6.45, 7) is 0. The molecule has 0 aliphatic heterocycles. The largest absolute Gasteiger partial charge is 0.265 e. The predicted octanol–water partition coefficient (Wildman–Crippen LogP) is 1.08. The first-order valence-electron chi connectivity index (χ1n) is 1.85. The van der Waals surface area contributed by atoms with Crippen molar-refractivity contribution in [3.05, 3.63) is 30.6 Å². The molecule has 8 heavy (non-hydrogen) atoms. The fourth-order valence-electron chi connectivity index (χ4n) is 0.313. The zero-order chi connectivity index (χ0) is 4.24. The van der Waals surface area contributed by atoms with Crippen LogP contribution in [0.15, 0.2) is 30.6 Å². The van der Waals surface area contributed by atoms with E-state index in [1.54, 1.807) is 12.4 Å². The Bertz CT molecular complexity index is 84.4. The molecule has 0 aromatic carbocycles. The summed E-state index contributed by atoms with van der Waals surface area (Å²) in [6, 6.07) is 5.72. The van der Waals surface area contributed by atoms with Gasteiger partial charge in [-0.25, -0.2) is 0 Å². The van der Waals surface area contributed by atoms with Crippen molar-refractivity contribution in [2.45, 2.75) is 0 Å². The van der Waals surface area contributed by atoms with Gasteiger partial charge in [-0.2, -0.15) is 0 Å². The Kier molecular flexibility index (Phi) is 10.1. The summed E-state index contributed by atoms with van der Waals surface area (Å²) in [5.74, 6) is 0. The van der Waals surface area contributed by atoms with Crippen molar-refractivity contribution in [3.8, 4) is 0 Å². The molecule has 1 nitrogen and oxygen atoms in total.